The lowest BCUT2D eigenvalue weighted by Gasteiger charge is -2.18. The molecule has 0 radical (unpaired) electrons. The van der Waals surface area contributed by atoms with Gasteiger partial charge in [-0.05, 0) is 25.0 Å². The highest BCUT2D eigenvalue weighted by Crippen LogP contribution is 2.28. The summed E-state index contributed by atoms with van der Waals surface area (Å²) in [6, 6.07) is 6.14. The van der Waals surface area contributed by atoms with E-state index in [9.17, 15) is 0 Å². The number of nitrogens with two attached hydrogens (primary N) is 2. The van der Waals surface area contributed by atoms with E-state index in [4.69, 9.17) is 11.6 Å². The van der Waals surface area contributed by atoms with Gasteiger partial charge in [-0.1, -0.05) is 23.8 Å². The van der Waals surface area contributed by atoms with Crippen LogP contribution in [0.4, 0.5) is 5.82 Å². The summed E-state index contributed by atoms with van der Waals surface area (Å²) < 4.78 is 1.64. The molecule has 2 rings (SSSR count). The number of aromatic nitrogens is 2. The molecule has 0 aliphatic rings. The van der Waals surface area contributed by atoms with E-state index in [1.54, 1.807) is 10.9 Å². The van der Waals surface area contributed by atoms with Crippen molar-refractivity contribution in [2.75, 3.05) is 5.73 Å². The highest BCUT2D eigenvalue weighted by atomic mass is 15.3. The summed E-state index contributed by atoms with van der Waals surface area (Å²) in [5, 5.41) is 4.16. The predicted molar refractivity (Wildman–Crippen MR) is 72.7 cm³/mol. The van der Waals surface area contributed by atoms with E-state index in [1.165, 1.54) is 11.1 Å². The molecule has 0 amide bonds. The quantitative estimate of drug-likeness (QED) is 0.560. The highest BCUT2D eigenvalue weighted by Gasteiger charge is 2.19. The van der Waals surface area contributed by atoms with Crippen molar-refractivity contribution in [1.82, 2.24) is 15.2 Å². The number of benzene rings is 1. The Labute approximate surface area is 107 Å². The van der Waals surface area contributed by atoms with Crippen LogP contribution in [0.25, 0.3) is 0 Å². The zero-order valence-corrected chi connectivity index (χ0v) is 10.9. The fraction of sp³-hybridized carbons (Fsp3) is 0.308. The van der Waals surface area contributed by atoms with Gasteiger partial charge < -0.3 is 5.73 Å². The molecule has 2 aromatic rings. The summed E-state index contributed by atoms with van der Waals surface area (Å²) >= 11 is 0. The first kappa shape index (κ1) is 12.6. The molecule has 0 spiro atoms. The second-order valence-electron chi connectivity index (χ2n) is 4.57. The van der Waals surface area contributed by atoms with Gasteiger partial charge in [0.1, 0.15) is 5.82 Å². The van der Waals surface area contributed by atoms with Gasteiger partial charge in [0.2, 0.25) is 0 Å². The zero-order chi connectivity index (χ0) is 13.3. The number of hydrazine groups is 1. The summed E-state index contributed by atoms with van der Waals surface area (Å²) in [5.74, 6) is 6.32. The van der Waals surface area contributed by atoms with E-state index in [0.717, 1.165) is 11.1 Å². The number of nitrogens with zero attached hydrogens (tertiary/aromatic N) is 2. The molecule has 5 N–H and O–H groups in total. The van der Waals surface area contributed by atoms with Crippen LogP contribution in [-0.2, 0) is 7.05 Å². The van der Waals surface area contributed by atoms with Crippen LogP contribution >= 0.6 is 0 Å². The molecule has 1 unspecified atom stereocenters. The second-order valence-corrected chi connectivity index (χ2v) is 4.57. The van der Waals surface area contributed by atoms with Crippen LogP contribution in [0.5, 0.6) is 0 Å². The van der Waals surface area contributed by atoms with Crippen LogP contribution in [-0.4, -0.2) is 9.78 Å². The largest absolute Gasteiger partial charge is 0.384 e. The monoisotopic (exact) mass is 245 g/mol. The Kier molecular flexibility index (Phi) is 3.36. The number of nitrogen functional groups attached to an aromatic ring is 1. The molecule has 0 fully saturated rings. The smallest absolute Gasteiger partial charge is 0.126 e. The van der Waals surface area contributed by atoms with Crippen molar-refractivity contribution in [3.8, 4) is 0 Å². The predicted octanol–water partition coefficient (Wildman–Crippen LogP) is 1.17. The Morgan fingerprint density at radius 3 is 2.56 bits per heavy atom. The molecule has 1 aromatic carbocycles. The van der Waals surface area contributed by atoms with Crippen molar-refractivity contribution in [2.45, 2.75) is 19.9 Å². The lowest BCUT2D eigenvalue weighted by atomic mass is 9.95. The van der Waals surface area contributed by atoms with Crippen molar-refractivity contribution < 1.29 is 0 Å². The van der Waals surface area contributed by atoms with E-state index in [0.29, 0.717) is 5.82 Å². The SMILES string of the molecule is Cc1ccc(C)c(C(NN)c2cnn(C)c2N)c1. The molecular weight excluding hydrogens is 226 g/mol. The molecule has 0 bridgehead atoms. The van der Waals surface area contributed by atoms with Crippen LogP contribution < -0.4 is 17.0 Å². The molecule has 0 saturated carbocycles. The summed E-state index contributed by atoms with van der Waals surface area (Å²) in [6.45, 7) is 4.12. The Hall–Kier alpha value is -1.85. The first-order valence-electron chi connectivity index (χ1n) is 5.85. The van der Waals surface area contributed by atoms with E-state index in [-0.39, 0.29) is 6.04 Å². The minimum atomic E-state index is -0.140. The average molecular weight is 245 g/mol. The molecule has 0 saturated heterocycles. The van der Waals surface area contributed by atoms with Crippen LogP contribution in [0, 0.1) is 13.8 Å². The van der Waals surface area contributed by atoms with E-state index < -0.39 is 0 Å². The van der Waals surface area contributed by atoms with Gasteiger partial charge in [-0.15, -0.1) is 0 Å². The maximum Gasteiger partial charge on any atom is 0.126 e. The molecule has 0 aliphatic carbocycles. The van der Waals surface area contributed by atoms with Crippen molar-refractivity contribution >= 4 is 5.82 Å². The number of anilines is 1. The van der Waals surface area contributed by atoms with Crippen molar-refractivity contribution in [3.05, 3.63) is 46.6 Å². The third kappa shape index (κ3) is 2.10. The third-order valence-corrected chi connectivity index (χ3v) is 3.24. The van der Waals surface area contributed by atoms with Gasteiger partial charge in [-0.2, -0.15) is 5.10 Å². The molecule has 1 atom stereocenters. The highest BCUT2D eigenvalue weighted by molar-refractivity contribution is 5.47. The minimum Gasteiger partial charge on any atom is -0.384 e. The van der Waals surface area contributed by atoms with Gasteiger partial charge in [0.25, 0.3) is 0 Å². The number of aryl methyl sites for hydroxylation is 3. The Morgan fingerprint density at radius 2 is 2.00 bits per heavy atom. The van der Waals surface area contributed by atoms with Crippen LogP contribution in [0.3, 0.4) is 0 Å². The molecule has 1 aromatic heterocycles. The number of nitrogens with one attached hydrogen (secondary N) is 1. The van der Waals surface area contributed by atoms with Crippen LogP contribution in [0.2, 0.25) is 0 Å². The van der Waals surface area contributed by atoms with Gasteiger partial charge in [0.15, 0.2) is 0 Å². The van der Waals surface area contributed by atoms with E-state index in [1.807, 2.05) is 7.05 Å². The Balaban J connectivity index is 2.51. The number of hydrogen-bond donors (Lipinski definition) is 3. The molecular formula is C13H19N5. The normalized spacial score (nSPS) is 12.7. The van der Waals surface area contributed by atoms with E-state index in [2.05, 4.69) is 42.6 Å². The molecule has 5 heteroatoms. The molecule has 96 valence electrons. The zero-order valence-electron chi connectivity index (χ0n) is 10.9. The maximum atomic E-state index is 6.01. The summed E-state index contributed by atoms with van der Waals surface area (Å²) in [4.78, 5) is 0. The van der Waals surface area contributed by atoms with Gasteiger partial charge in [0.05, 0.1) is 12.2 Å². The molecule has 0 aliphatic heterocycles. The van der Waals surface area contributed by atoms with Crippen LogP contribution in [0.15, 0.2) is 24.4 Å². The number of rotatable bonds is 3. The standard InChI is InChI=1S/C13H19N5/c1-8-4-5-9(2)10(6-8)12(17-15)11-7-16-18(3)13(11)14/h4-7,12,17H,14-15H2,1-3H3. The van der Waals surface area contributed by atoms with Gasteiger partial charge >= 0.3 is 0 Å². The minimum absolute atomic E-state index is 0.140. The van der Waals surface area contributed by atoms with E-state index >= 15 is 0 Å². The van der Waals surface area contributed by atoms with Crippen molar-refractivity contribution in [1.29, 1.82) is 0 Å². The lowest BCUT2D eigenvalue weighted by molar-refractivity contribution is 0.634. The molecule has 1 heterocycles. The topological polar surface area (TPSA) is 81.9 Å². The summed E-state index contributed by atoms with van der Waals surface area (Å²) in [7, 11) is 1.81. The first-order chi connectivity index (χ1) is 8.54. The van der Waals surface area contributed by atoms with Crippen molar-refractivity contribution in [2.24, 2.45) is 12.9 Å². The van der Waals surface area contributed by atoms with Gasteiger partial charge in [-0.25, -0.2) is 5.43 Å². The van der Waals surface area contributed by atoms with Crippen molar-refractivity contribution in [3.63, 3.8) is 0 Å². The summed E-state index contributed by atoms with van der Waals surface area (Å²) in [5.41, 5.74) is 13.2. The summed E-state index contributed by atoms with van der Waals surface area (Å²) in [6.07, 6.45) is 1.75. The van der Waals surface area contributed by atoms with Gasteiger partial charge in [0, 0.05) is 12.6 Å². The fourth-order valence-electron chi connectivity index (χ4n) is 2.10. The molecule has 18 heavy (non-hydrogen) atoms. The maximum absolute atomic E-state index is 6.01. The lowest BCUT2D eigenvalue weighted by Crippen LogP contribution is -2.29. The number of hydrogen-bond acceptors (Lipinski definition) is 4. The van der Waals surface area contributed by atoms with Crippen LogP contribution in [0.1, 0.15) is 28.3 Å². The Morgan fingerprint density at radius 1 is 1.28 bits per heavy atom. The Bertz CT molecular complexity index is 559. The fourth-order valence-corrected chi connectivity index (χ4v) is 2.10. The van der Waals surface area contributed by atoms with Gasteiger partial charge in [-0.3, -0.25) is 10.5 Å². The third-order valence-electron chi connectivity index (χ3n) is 3.24. The molecule has 5 nitrogen and oxygen atoms in total. The average Bonchev–Trinajstić information content (AvgIpc) is 2.67. The first-order valence-corrected chi connectivity index (χ1v) is 5.85. The second kappa shape index (κ2) is 4.80.